The van der Waals surface area contributed by atoms with Crippen LogP contribution in [0.5, 0.6) is 5.75 Å². The van der Waals surface area contributed by atoms with Crippen molar-refractivity contribution in [3.8, 4) is 5.75 Å². The van der Waals surface area contributed by atoms with Crippen LogP contribution in [0, 0.1) is 5.92 Å². The van der Waals surface area contributed by atoms with E-state index >= 15 is 4.39 Å². The Bertz CT molecular complexity index is 1220. The molecule has 1 aliphatic carbocycles. The topological polar surface area (TPSA) is 109 Å². The van der Waals surface area contributed by atoms with Gasteiger partial charge < -0.3 is 19.9 Å². The molecule has 3 aliphatic heterocycles. The number of likely N-dealkylation sites (N-methyl/N-ethyl adjacent to an activating group) is 1. The van der Waals surface area contributed by atoms with E-state index in [9.17, 15) is 9.90 Å². The van der Waals surface area contributed by atoms with Crippen molar-refractivity contribution in [1.82, 2.24) is 35.9 Å². The van der Waals surface area contributed by atoms with Crippen LogP contribution in [0.2, 0.25) is 0 Å². The third-order valence-electron chi connectivity index (χ3n) is 9.03. The van der Waals surface area contributed by atoms with Crippen LogP contribution in [0.4, 0.5) is 4.39 Å². The van der Waals surface area contributed by atoms with Gasteiger partial charge in [-0.1, -0.05) is 19.1 Å². The van der Waals surface area contributed by atoms with E-state index in [0.29, 0.717) is 12.6 Å². The molecule has 1 saturated carbocycles. The summed E-state index contributed by atoms with van der Waals surface area (Å²) in [6.45, 7) is 4.18. The van der Waals surface area contributed by atoms with Crippen LogP contribution in [0.3, 0.4) is 0 Å². The number of aromatic hydroxyl groups is 1. The van der Waals surface area contributed by atoms with Gasteiger partial charge in [0, 0.05) is 37.5 Å². The van der Waals surface area contributed by atoms with Gasteiger partial charge in [0.15, 0.2) is 0 Å². The van der Waals surface area contributed by atoms with E-state index in [-0.39, 0.29) is 41.6 Å². The number of imidazole rings is 1. The number of carbonyl (C=O) groups is 1. The molecule has 0 bridgehead atoms. The van der Waals surface area contributed by atoms with E-state index in [0.717, 1.165) is 60.6 Å². The van der Waals surface area contributed by atoms with E-state index in [2.05, 4.69) is 31.0 Å². The molecule has 5 unspecified atom stereocenters. The van der Waals surface area contributed by atoms with Crippen molar-refractivity contribution >= 4 is 11.5 Å². The highest BCUT2D eigenvalue weighted by Gasteiger charge is 2.49. The largest absolute Gasteiger partial charge is 0.508 e. The number of nitrogens with one attached hydrogen (secondary N) is 4. The second-order valence-corrected chi connectivity index (χ2v) is 11.4. The maximum atomic E-state index is 15.9. The molecule has 10 heteroatoms. The predicted octanol–water partition coefficient (Wildman–Crippen LogP) is 1.85. The lowest BCUT2D eigenvalue weighted by Crippen LogP contribution is -2.62. The summed E-state index contributed by atoms with van der Waals surface area (Å²) in [5, 5.41) is 13.2. The minimum Gasteiger partial charge on any atom is -0.508 e. The Labute approximate surface area is 222 Å². The van der Waals surface area contributed by atoms with Gasteiger partial charge in [-0.05, 0) is 62.2 Å². The molecule has 204 valence electrons. The molecule has 4 heterocycles. The fraction of sp³-hybridized carbons (Fsp3) is 0.571. The smallest absolute Gasteiger partial charge is 0.243 e. The lowest BCUT2D eigenvalue weighted by molar-refractivity contribution is -0.138. The van der Waals surface area contributed by atoms with Crippen molar-refractivity contribution in [2.24, 2.45) is 5.92 Å². The Morgan fingerprint density at radius 1 is 1.24 bits per heavy atom. The highest BCUT2D eigenvalue weighted by molar-refractivity contribution is 5.88. The van der Waals surface area contributed by atoms with Crippen LogP contribution in [0.1, 0.15) is 54.4 Å². The highest BCUT2D eigenvalue weighted by Crippen LogP contribution is 2.45. The summed E-state index contributed by atoms with van der Waals surface area (Å²) in [4.78, 5) is 25.0. The maximum Gasteiger partial charge on any atom is 0.243 e. The summed E-state index contributed by atoms with van der Waals surface area (Å²) in [5.74, 6) is 1.01. The van der Waals surface area contributed by atoms with Crippen molar-refractivity contribution in [2.45, 2.75) is 62.4 Å². The van der Waals surface area contributed by atoms with E-state index in [1.165, 1.54) is 0 Å². The number of aromatic amines is 1. The number of hydrogen-bond acceptors (Lipinski definition) is 7. The summed E-state index contributed by atoms with van der Waals surface area (Å²) in [6.07, 6.45) is 5.15. The SMILES string of the molecule is CCc1cc(O)ccc1C1CCC2C(c3ncc(C4=C[C@@H](C(=O)N5CC(N(C)C)C5)NC4)[nH]3)NNC2C1F. The summed E-state index contributed by atoms with van der Waals surface area (Å²) in [6, 6.07) is 4.99. The molecular formula is C28H38FN7O2. The van der Waals surface area contributed by atoms with Crippen LogP contribution in [0.25, 0.3) is 5.57 Å². The molecule has 1 amide bonds. The number of rotatable bonds is 6. The first kappa shape index (κ1) is 25.5. The minimum atomic E-state index is -1.04. The molecule has 3 fully saturated rings. The Hall–Kier alpha value is -2.79. The van der Waals surface area contributed by atoms with Crippen LogP contribution in [0.15, 0.2) is 30.5 Å². The number of benzene rings is 1. The summed E-state index contributed by atoms with van der Waals surface area (Å²) in [5.41, 5.74) is 10.5. The normalized spacial score (nSPS) is 31.4. The number of likely N-dealkylation sites (tertiary alicyclic amines) is 1. The van der Waals surface area contributed by atoms with E-state index < -0.39 is 6.17 Å². The zero-order chi connectivity index (χ0) is 26.6. The number of hydrogen-bond donors (Lipinski definition) is 5. The summed E-state index contributed by atoms with van der Waals surface area (Å²) in [7, 11) is 4.09. The minimum absolute atomic E-state index is 0.0727. The standard InChI is InChI=1S/C28H38FN7O2/c1-4-15-9-18(37)5-6-19(15)20-7-8-21-25(24(20)29)33-34-26(21)27-31-12-23(32-27)16-10-22(30-11-16)28(38)36-13-17(14-36)35(2)3/h5-6,9-10,12,17,20-22,24-26,30,33-34,37H,4,7-8,11,13-14H2,1-3H3,(H,31,32)/t20?,21?,22-,24?,25?,26?/m0/s1. The summed E-state index contributed by atoms with van der Waals surface area (Å²) < 4.78 is 15.9. The molecule has 1 aromatic carbocycles. The van der Waals surface area contributed by atoms with Gasteiger partial charge in [0.25, 0.3) is 0 Å². The Balaban J connectivity index is 1.12. The van der Waals surface area contributed by atoms with Gasteiger partial charge >= 0.3 is 0 Å². The van der Waals surface area contributed by atoms with Crippen LogP contribution >= 0.6 is 0 Å². The monoisotopic (exact) mass is 523 g/mol. The number of carbonyl (C=O) groups excluding carboxylic acids is 1. The molecule has 4 aliphatic rings. The number of H-pyrrole nitrogens is 1. The molecular weight excluding hydrogens is 485 g/mol. The molecule has 9 nitrogen and oxygen atoms in total. The van der Waals surface area contributed by atoms with Gasteiger partial charge in [0.05, 0.1) is 24.0 Å². The molecule has 2 saturated heterocycles. The van der Waals surface area contributed by atoms with E-state index in [4.69, 9.17) is 0 Å². The number of aromatic nitrogens is 2. The third-order valence-corrected chi connectivity index (χ3v) is 9.03. The lowest BCUT2D eigenvalue weighted by atomic mass is 9.71. The number of nitrogens with zero attached hydrogens (tertiary/aromatic N) is 3. The molecule has 5 N–H and O–H groups in total. The van der Waals surface area contributed by atoms with Gasteiger partial charge in [-0.2, -0.15) is 0 Å². The molecule has 2 aromatic rings. The number of alkyl halides is 1. The first-order valence-corrected chi connectivity index (χ1v) is 13.8. The van der Waals surface area contributed by atoms with Gasteiger partial charge in [-0.15, -0.1) is 0 Å². The predicted molar refractivity (Wildman–Crippen MR) is 143 cm³/mol. The van der Waals surface area contributed by atoms with Gasteiger partial charge in [0.1, 0.15) is 23.8 Å². The maximum absolute atomic E-state index is 15.9. The molecule has 0 spiro atoms. The zero-order valence-electron chi connectivity index (χ0n) is 22.2. The van der Waals surface area contributed by atoms with Crippen molar-refractivity contribution < 1.29 is 14.3 Å². The van der Waals surface area contributed by atoms with Gasteiger partial charge in [-0.3, -0.25) is 15.5 Å². The Kier molecular flexibility index (Phi) is 6.75. The second-order valence-electron chi connectivity index (χ2n) is 11.4. The number of fused-ring (bicyclic) bond motifs is 1. The van der Waals surface area contributed by atoms with Crippen LogP contribution in [-0.2, 0) is 11.2 Å². The third kappa shape index (κ3) is 4.43. The number of phenols is 1. The van der Waals surface area contributed by atoms with E-state index in [1.54, 1.807) is 12.1 Å². The van der Waals surface area contributed by atoms with E-state index in [1.807, 2.05) is 44.3 Å². The Morgan fingerprint density at radius 2 is 2.05 bits per heavy atom. The highest BCUT2D eigenvalue weighted by atomic mass is 19.1. The zero-order valence-corrected chi connectivity index (χ0v) is 22.2. The van der Waals surface area contributed by atoms with Crippen LogP contribution < -0.4 is 16.2 Å². The van der Waals surface area contributed by atoms with Crippen molar-refractivity contribution in [3.05, 3.63) is 53.1 Å². The first-order valence-electron chi connectivity index (χ1n) is 13.8. The summed E-state index contributed by atoms with van der Waals surface area (Å²) >= 11 is 0. The van der Waals surface area contributed by atoms with Crippen molar-refractivity contribution in [3.63, 3.8) is 0 Å². The fourth-order valence-electron chi connectivity index (χ4n) is 6.61. The number of hydrazine groups is 1. The number of amides is 1. The lowest BCUT2D eigenvalue weighted by Gasteiger charge is -2.43. The first-order chi connectivity index (χ1) is 18.3. The second kappa shape index (κ2) is 10.1. The molecule has 6 rings (SSSR count). The van der Waals surface area contributed by atoms with Crippen molar-refractivity contribution in [1.29, 1.82) is 0 Å². The molecule has 38 heavy (non-hydrogen) atoms. The number of phenolic OH excluding ortho intramolecular Hbond substituents is 1. The quantitative estimate of drug-likeness (QED) is 0.393. The number of aryl methyl sites for hydroxylation is 1. The fourth-order valence-corrected chi connectivity index (χ4v) is 6.61. The molecule has 0 radical (unpaired) electrons. The Morgan fingerprint density at radius 3 is 2.82 bits per heavy atom. The van der Waals surface area contributed by atoms with Gasteiger partial charge in [-0.25, -0.2) is 14.8 Å². The average molecular weight is 524 g/mol. The van der Waals surface area contributed by atoms with Gasteiger partial charge in [0.2, 0.25) is 5.91 Å². The molecule has 6 atom stereocenters. The number of halogens is 1. The molecule has 1 aromatic heterocycles. The van der Waals surface area contributed by atoms with Crippen LogP contribution in [-0.4, -0.2) is 88.8 Å². The average Bonchev–Trinajstić information content (AvgIpc) is 3.62. The van der Waals surface area contributed by atoms with Crippen molar-refractivity contribution in [2.75, 3.05) is 33.7 Å².